The van der Waals surface area contributed by atoms with E-state index < -0.39 is 0 Å². The van der Waals surface area contributed by atoms with Gasteiger partial charge in [-0.2, -0.15) is 0 Å². The number of benzene rings is 1. The smallest absolute Gasteiger partial charge is 0 e. The van der Waals surface area contributed by atoms with Crippen molar-refractivity contribution in [2.45, 2.75) is 0 Å². The van der Waals surface area contributed by atoms with E-state index in [9.17, 15) is 0 Å². The summed E-state index contributed by atoms with van der Waals surface area (Å²) in [6, 6.07) is 9.78. The minimum absolute atomic E-state index is 0. The summed E-state index contributed by atoms with van der Waals surface area (Å²) in [5.41, 5.74) is 1.02. The first-order valence-corrected chi connectivity index (χ1v) is 5.54. The molecule has 0 aromatic heterocycles. The summed E-state index contributed by atoms with van der Waals surface area (Å²) < 4.78 is 37.5. The van der Waals surface area contributed by atoms with Crippen LogP contribution in [0.4, 0.5) is 0 Å². The average molecular weight is 539 g/mol. The fourth-order valence-electron chi connectivity index (χ4n) is 0.814. The summed E-state index contributed by atoms with van der Waals surface area (Å²) in [4.78, 5) is 2.71. The van der Waals surface area contributed by atoms with Gasteiger partial charge in [-0.05, 0) is 32.1 Å². The normalized spacial score (nSPS) is 8.29. The maximum Gasteiger partial charge on any atom is 0 e. The maximum atomic E-state index is 7.50. The molecule has 2 rings (SSSR count). The van der Waals surface area contributed by atoms with Crippen LogP contribution in [0.2, 0.25) is 0 Å². The molecule has 0 amide bonds. The molecular weight excluding hydrogens is 529 g/mol. The van der Waals surface area contributed by atoms with Gasteiger partial charge in [0.2, 0.25) is 0 Å². The van der Waals surface area contributed by atoms with Gasteiger partial charge in [-0.25, -0.2) is 0 Å². The van der Waals surface area contributed by atoms with E-state index in [2.05, 4.69) is 53.5 Å². The Morgan fingerprint density at radius 2 is 0.833 bits per heavy atom. The van der Waals surface area contributed by atoms with Gasteiger partial charge in [0.05, 0.1) is 0 Å². The molecule has 0 atom stereocenters. The standard InChI is InChI=1S/C7H5.C5H5.5CO.Co.Re/c1-7-5-3-2-4-6-7;1-2-4-5-3-1;5*1-2;;/h2-6H;1-5H;;;;;;;/q-1;;;;;;;;. The third kappa shape index (κ3) is 42.8. The van der Waals surface area contributed by atoms with Gasteiger partial charge in [-0.15, -0.1) is 0 Å². The fraction of sp³-hybridized carbons (Fsp3) is 0. The second kappa shape index (κ2) is 57.4. The Morgan fingerprint density at radius 3 is 1.00 bits per heavy atom. The van der Waals surface area contributed by atoms with E-state index in [1.165, 1.54) is 0 Å². The largest absolute Gasteiger partial charge is 0 e. The molecule has 24 heavy (non-hydrogen) atoms. The van der Waals surface area contributed by atoms with E-state index in [0.717, 1.165) is 5.56 Å². The molecule has 0 aliphatic heterocycles. The molecule has 1 aliphatic carbocycles. The summed E-state index contributed by atoms with van der Waals surface area (Å²) >= 11 is 3.90. The van der Waals surface area contributed by atoms with Crippen LogP contribution in [0.3, 0.4) is 0 Å². The quantitative estimate of drug-likeness (QED) is 0.386. The second-order valence-corrected chi connectivity index (χ2v) is 2.67. The zero-order valence-electron chi connectivity index (χ0n) is 12.0. The molecule has 1 aliphatic rings. The Hall–Kier alpha value is -1.04. The predicted molar refractivity (Wildman–Crippen MR) is 71.7 cm³/mol. The van der Waals surface area contributed by atoms with Crippen molar-refractivity contribution in [3.8, 4) is 0 Å². The monoisotopic (exact) mass is 540 g/mol. The van der Waals surface area contributed by atoms with Crippen LogP contribution in [0.25, 0.3) is 0 Å². The molecule has 7 heteroatoms. The molecule has 125 valence electrons. The van der Waals surface area contributed by atoms with E-state index in [4.69, 9.17) is 23.3 Å². The van der Waals surface area contributed by atoms with Crippen LogP contribution < -0.4 is 0 Å². The van der Waals surface area contributed by atoms with E-state index in [0.29, 0.717) is 0 Å². The molecule has 1 aromatic rings. The van der Waals surface area contributed by atoms with Crippen molar-refractivity contribution in [2.75, 3.05) is 0 Å². The van der Waals surface area contributed by atoms with Gasteiger partial charge in [0, 0.05) is 20.4 Å². The third-order valence-corrected chi connectivity index (χ3v) is 1.73. The zero-order chi connectivity index (χ0) is 19.4. The van der Waals surface area contributed by atoms with Crippen LogP contribution >= 0.6 is 0 Å². The molecule has 0 saturated heterocycles. The van der Waals surface area contributed by atoms with Crippen LogP contribution in [0.15, 0.2) is 30.3 Å². The first-order valence-electron chi connectivity index (χ1n) is 5.01. The van der Waals surface area contributed by atoms with E-state index >= 15 is 0 Å². The molecule has 1 fully saturated rings. The SMILES string of the molecule is [C-]#[O+].[C-]#[O+].[C-]#[O+].[C-]#[O+].[C-]#[O+].[CH]1[CH][CH][CH][CH]1.[Co]=[C-]c1ccccc1.[Re]. The summed E-state index contributed by atoms with van der Waals surface area (Å²) in [7, 11) is 0. The van der Waals surface area contributed by atoms with Crippen LogP contribution in [-0.2, 0) is 59.0 Å². The van der Waals surface area contributed by atoms with Crippen molar-refractivity contribution in [1.82, 2.24) is 0 Å². The molecule has 5 nitrogen and oxygen atoms in total. The molecule has 0 heterocycles. The van der Waals surface area contributed by atoms with Gasteiger partial charge in [0.1, 0.15) is 0 Å². The Bertz CT molecular complexity index is 378. The van der Waals surface area contributed by atoms with Gasteiger partial charge < -0.3 is 0 Å². The van der Waals surface area contributed by atoms with Crippen LogP contribution in [0.1, 0.15) is 5.56 Å². The summed E-state index contributed by atoms with van der Waals surface area (Å²) in [5, 5.41) is 0. The van der Waals surface area contributed by atoms with Crippen LogP contribution in [0, 0.1) is 65.4 Å². The fourth-order valence-corrected chi connectivity index (χ4v) is 0.988. The number of rotatable bonds is 1. The van der Waals surface area contributed by atoms with Gasteiger partial charge >= 0.3 is 113 Å². The molecule has 0 bridgehead atoms. The Labute approximate surface area is 165 Å². The molecule has 0 unspecified atom stereocenters. The summed E-state index contributed by atoms with van der Waals surface area (Å²) in [6.07, 6.45) is 10.0. The van der Waals surface area contributed by atoms with E-state index in [1.54, 1.807) is 0 Å². The van der Waals surface area contributed by atoms with Gasteiger partial charge in [0.15, 0.2) is 0 Å². The molecule has 1 aromatic carbocycles. The summed E-state index contributed by atoms with van der Waals surface area (Å²) in [6.45, 7) is 22.5. The van der Waals surface area contributed by atoms with Crippen molar-refractivity contribution >= 4 is 4.96 Å². The van der Waals surface area contributed by atoms with E-state index in [-0.39, 0.29) is 20.4 Å². The topological polar surface area (TPSA) is 99.5 Å². The second-order valence-electron chi connectivity index (χ2n) is 2.41. The molecule has 0 N–H and O–H groups in total. The Balaban J connectivity index is -0.0000000446. The third-order valence-electron chi connectivity index (χ3n) is 1.43. The number of hydrogen-bond donors (Lipinski definition) is 0. The van der Waals surface area contributed by atoms with Gasteiger partial charge in [-0.1, -0.05) is 0 Å². The molecule has 1 saturated carbocycles. The van der Waals surface area contributed by atoms with Crippen molar-refractivity contribution in [1.29, 1.82) is 0 Å². The first-order chi connectivity index (χ1) is 11.4. The van der Waals surface area contributed by atoms with Crippen molar-refractivity contribution in [3.63, 3.8) is 0 Å². The Kier molecular flexibility index (Phi) is 92.1. The minimum atomic E-state index is 0. The van der Waals surface area contributed by atoms with Gasteiger partial charge in [0.25, 0.3) is 0 Å². The molecular formula is C17H10CoO5Re-. The summed E-state index contributed by atoms with van der Waals surface area (Å²) in [5.74, 6) is 0. The van der Waals surface area contributed by atoms with Crippen LogP contribution in [0.5, 0.6) is 0 Å². The van der Waals surface area contributed by atoms with E-state index in [1.807, 2.05) is 62.4 Å². The minimum Gasteiger partial charge on any atom is 0 e. The first kappa shape index (κ1) is 38.5. The van der Waals surface area contributed by atoms with Gasteiger partial charge in [-0.3, -0.25) is 0 Å². The number of hydrogen-bond acceptors (Lipinski definition) is 0. The predicted octanol–water partition coefficient (Wildman–Crippen LogP) is 2.09. The van der Waals surface area contributed by atoms with Crippen molar-refractivity contribution < 1.29 is 59.0 Å². The Morgan fingerprint density at radius 1 is 0.583 bits per heavy atom. The average Bonchev–Trinajstić information content (AvgIpc) is 3.30. The van der Waals surface area contributed by atoms with Crippen molar-refractivity contribution in [2.24, 2.45) is 0 Å². The maximum absolute atomic E-state index is 7.50. The van der Waals surface area contributed by atoms with Crippen molar-refractivity contribution in [3.05, 3.63) is 101 Å². The van der Waals surface area contributed by atoms with Crippen LogP contribution in [-0.4, -0.2) is 4.96 Å². The zero-order valence-corrected chi connectivity index (χ0v) is 15.8. The molecule has 6 radical (unpaired) electrons. The molecule has 0 spiro atoms.